The van der Waals surface area contributed by atoms with Gasteiger partial charge in [-0.2, -0.15) is 0 Å². The largest absolute Gasteiger partial charge is 0.145 e. The fourth-order valence-corrected chi connectivity index (χ4v) is 16.9. The first-order chi connectivity index (χ1) is 28.8. The van der Waals surface area contributed by atoms with Gasteiger partial charge in [0.2, 0.25) is 0 Å². The summed E-state index contributed by atoms with van der Waals surface area (Å²) in [5, 5.41) is 4.67. The molecule has 9 rings (SSSR count). The maximum Gasteiger partial charge on any atom is 0.145 e. The second-order valence-electron chi connectivity index (χ2n) is 18.8. The van der Waals surface area contributed by atoms with Crippen molar-refractivity contribution in [2.75, 3.05) is 0 Å². The van der Waals surface area contributed by atoms with Crippen LogP contribution in [-0.4, -0.2) is 8.07 Å². The third-order valence-electron chi connectivity index (χ3n) is 15.6. The van der Waals surface area contributed by atoms with Gasteiger partial charge in [-0.25, -0.2) is 0 Å². The highest BCUT2D eigenvalue weighted by Gasteiger charge is 2.48. The molecule has 0 fully saturated rings. The van der Waals surface area contributed by atoms with Gasteiger partial charge in [-0.1, -0.05) is 214 Å². The Balaban J connectivity index is 1.33. The monoisotopic (exact) mass is 790 g/mol. The number of rotatable bonds is 15. The predicted octanol–water partition coefficient (Wildman–Crippen LogP) is 14.4. The van der Waals surface area contributed by atoms with E-state index in [4.69, 9.17) is 0 Å². The molecule has 3 aliphatic rings. The SMILES string of the molecule is CCCC1(CCC)c2ccccc2-c2ccc([Si](C)(c3ccc4c(c3)C(CCC)(CCC)c3ccccc3-4)c3ccc4c(c3)C(CCC)(CCC)c3ccccc3-4)cc21. The molecule has 0 unspecified atom stereocenters. The normalized spacial score (nSPS) is 15.9. The van der Waals surface area contributed by atoms with Crippen LogP contribution in [-0.2, 0) is 16.2 Å². The van der Waals surface area contributed by atoms with Gasteiger partial charge >= 0.3 is 0 Å². The van der Waals surface area contributed by atoms with Crippen LogP contribution in [0.1, 0.15) is 152 Å². The lowest BCUT2D eigenvalue weighted by Crippen LogP contribution is -2.65. The van der Waals surface area contributed by atoms with Gasteiger partial charge in [-0.05, 0) is 121 Å². The first-order valence-electron chi connectivity index (χ1n) is 23.6. The molecule has 0 bridgehead atoms. The Hall–Kier alpha value is -4.46. The van der Waals surface area contributed by atoms with Gasteiger partial charge in [0.15, 0.2) is 0 Å². The number of hydrogen-bond donors (Lipinski definition) is 0. The zero-order chi connectivity index (χ0) is 41.0. The molecule has 0 aromatic heterocycles. The molecule has 0 spiro atoms. The van der Waals surface area contributed by atoms with E-state index in [0.717, 1.165) is 0 Å². The van der Waals surface area contributed by atoms with Crippen molar-refractivity contribution in [3.63, 3.8) is 0 Å². The highest BCUT2D eigenvalue weighted by Crippen LogP contribution is 2.56. The van der Waals surface area contributed by atoms with Crippen molar-refractivity contribution in [1.82, 2.24) is 0 Å². The van der Waals surface area contributed by atoms with E-state index in [1.165, 1.54) is 110 Å². The summed E-state index contributed by atoms with van der Waals surface area (Å²) in [4.78, 5) is 0. The molecule has 302 valence electrons. The van der Waals surface area contributed by atoms with Crippen molar-refractivity contribution in [1.29, 1.82) is 0 Å². The quantitative estimate of drug-likeness (QED) is 0.0718. The molecule has 0 aliphatic heterocycles. The topological polar surface area (TPSA) is 0 Å². The molecule has 6 aromatic rings. The van der Waals surface area contributed by atoms with Crippen LogP contribution in [0.15, 0.2) is 127 Å². The second-order valence-corrected chi connectivity index (χ2v) is 22.8. The van der Waals surface area contributed by atoms with Gasteiger partial charge in [-0.15, -0.1) is 0 Å². The molecular formula is C58H66Si. The molecule has 59 heavy (non-hydrogen) atoms. The molecule has 0 radical (unpaired) electrons. The summed E-state index contributed by atoms with van der Waals surface area (Å²) in [5.74, 6) is 0. The maximum atomic E-state index is 2.76. The highest BCUT2D eigenvalue weighted by atomic mass is 28.3. The van der Waals surface area contributed by atoms with Crippen LogP contribution in [0.25, 0.3) is 33.4 Å². The highest BCUT2D eigenvalue weighted by molar-refractivity contribution is 7.10. The number of fused-ring (bicyclic) bond motifs is 9. The zero-order valence-electron chi connectivity index (χ0n) is 37.1. The van der Waals surface area contributed by atoms with E-state index in [2.05, 4.69) is 175 Å². The minimum Gasteiger partial charge on any atom is -0.0653 e. The second kappa shape index (κ2) is 15.5. The smallest absolute Gasteiger partial charge is 0.0653 e. The molecule has 0 heterocycles. The van der Waals surface area contributed by atoms with Crippen molar-refractivity contribution in [3.05, 3.63) is 161 Å². The summed E-state index contributed by atoms with van der Waals surface area (Å²) < 4.78 is 0. The van der Waals surface area contributed by atoms with Crippen molar-refractivity contribution >= 4 is 23.6 Å². The van der Waals surface area contributed by atoms with E-state index in [9.17, 15) is 0 Å². The Morgan fingerprint density at radius 1 is 0.305 bits per heavy atom. The van der Waals surface area contributed by atoms with Crippen LogP contribution in [0.3, 0.4) is 0 Å². The van der Waals surface area contributed by atoms with E-state index in [1.807, 2.05) is 0 Å². The van der Waals surface area contributed by atoms with Crippen LogP contribution in [0.4, 0.5) is 0 Å². The Morgan fingerprint density at radius 3 is 0.797 bits per heavy atom. The average Bonchev–Trinajstić information content (AvgIpc) is 3.80. The van der Waals surface area contributed by atoms with Crippen molar-refractivity contribution in [2.45, 2.75) is 141 Å². The van der Waals surface area contributed by atoms with Crippen molar-refractivity contribution in [2.24, 2.45) is 0 Å². The third kappa shape index (κ3) is 5.73. The molecule has 0 nitrogen and oxygen atoms in total. The van der Waals surface area contributed by atoms with Gasteiger partial charge in [-0.3, -0.25) is 0 Å². The number of hydrogen-bond acceptors (Lipinski definition) is 0. The van der Waals surface area contributed by atoms with Gasteiger partial charge < -0.3 is 0 Å². The lowest BCUT2D eigenvalue weighted by atomic mass is 9.71. The number of benzene rings is 6. The molecule has 0 saturated carbocycles. The Morgan fingerprint density at radius 2 is 0.542 bits per heavy atom. The Kier molecular flexibility index (Phi) is 10.5. The van der Waals surface area contributed by atoms with Gasteiger partial charge in [0.1, 0.15) is 8.07 Å². The third-order valence-corrected chi connectivity index (χ3v) is 20.0. The Bertz CT molecular complexity index is 2220. The summed E-state index contributed by atoms with van der Waals surface area (Å²) in [5.41, 5.74) is 18.3. The van der Waals surface area contributed by atoms with E-state index >= 15 is 0 Å². The molecular weight excluding hydrogens is 725 g/mol. The van der Waals surface area contributed by atoms with E-state index in [0.29, 0.717) is 0 Å². The summed E-state index contributed by atoms with van der Waals surface area (Å²) in [6, 6.07) is 51.8. The molecule has 0 atom stereocenters. The van der Waals surface area contributed by atoms with Gasteiger partial charge in [0.25, 0.3) is 0 Å². The minimum absolute atomic E-state index is 0.0503. The zero-order valence-corrected chi connectivity index (χ0v) is 38.1. The lowest BCUT2D eigenvalue weighted by molar-refractivity contribution is 0.436. The van der Waals surface area contributed by atoms with E-state index in [-0.39, 0.29) is 16.2 Å². The van der Waals surface area contributed by atoms with Crippen molar-refractivity contribution in [3.8, 4) is 33.4 Å². The van der Waals surface area contributed by atoms with Crippen LogP contribution < -0.4 is 15.6 Å². The fraction of sp³-hybridized carbons (Fsp3) is 0.379. The van der Waals surface area contributed by atoms with E-state index in [1.54, 1.807) is 48.9 Å². The first kappa shape index (κ1) is 40.0. The van der Waals surface area contributed by atoms with Crippen LogP contribution in [0.5, 0.6) is 0 Å². The Labute approximate surface area is 357 Å². The summed E-state index contributed by atoms with van der Waals surface area (Å²) in [6.07, 6.45) is 14.2. The molecule has 0 amide bonds. The lowest BCUT2D eigenvalue weighted by Gasteiger charge is -2.37. The van der Waals surface area contributed by atoms with Crippen LogP contribution in [0.2, 0.25) is 6.55 Å². The summed E-state index contributed by atoms with van der Waals surface area (Å²) in [6.45, 7) is 17.1. The molecule has 0 N–H and O–H groups in total. The van der Waals surface area contributed by atoms with Gasteiger partial charge in [0, 0.05) is 16.2 Å². The summed E-state index contributed by atoms with van der Waals surface area (Å²) in [7, 11) is -2.64. The fourth-order valence-electron chi connectivity index (χ4n) is 13.4. The molecule has 0 saturated heterocycles. The van der Waals surface area contributed by atoms with Crippen LogP contribution >= 0.6 is 0 Å². The summed E-state index contributed by atoms with van der Waals surface area (Å²) >= 11 is 0. The predicted molar refractivity (Wildman–Crippen MR) is 258 cm³/mol. The van der Waals surface area contributed by atoms with Crippen molar-refractivity contribution < 1.29 is 0 Å². The average molecular weight is 791 g/mol. The van der Waals surface area contributed by atoms with Crippen LogP contribution in [0, 0.1) is 0 Å². The maximum absolute atomic E-state index is 2.76. The van der Waals surface area contributed by atoms with E-state index < -0.39 is 8.07 Å². The standard InChI is InChI=1S/C58H66Si/c1-8-32-56(33-9-2)50-23-17-14-20-44(50)47-29-26-41(38-53(47)56)59(7,42-27-30-48-45-21-15-18-24-51(45)57(34-10-3,35-11-4)54(48)39-42)43-28-31-49-46-22-16-19-25-52(46)58(36-12-5,37-13-6)55(49)40-43/h14-31,38-40H,8-13,32-37H2,1-7H3. The molecule has 6 aromatic carbocycles. The molecule has 1 heteroatoms. The molecule has 3 aliphatic carbocycles. The minimum atomic E-state index is -2.64. The van der Waals surface area contributed by atoms with Gasteiger partial charge in [0.05, 0.1) is 0 Å². The first-order valence-corrected chi connectivity index (χ1v) is 26.1.